The van der Waals surface area contributed by atoms with Crippen LogP contribution in [0.3, 0.4) is 0 Å². The number of thioether (sulfide) groups is 1. The SMILES string of the molecule is CC(C)C1=CC=C2Sc3ccc(-c4ccccc4)cc3C23CC13. The van der Waals surface area contributed by atoms with E-state index >= 15 is 0 Å². The molecule has 1 heteroatoms. The van der Waals surface area contributed by atoms with E-state index in [1.165, 1.54) is 22.4 Å². The van der Waals surface area contributed by atoms with Crippen molar-refractivity contribution in [2.75, 3.05) is 0 Å². The van der Waals surface area contributed by atoms with E-state index in [1.54, 1.807) is 16.0 Å². The highest BCUT2D eigenvalue weighted by atomic mass is 32.2. The molecule has 2 unspecified atom stereocenters. The molecule has 5 rings (SSSR count). The second kappa shape index (κ2) is 4.64. The third-order valence-corrected chi connectivity index (χ3v) is 6.98. The largest absolute Gasteiger partial charge is 0.0933 e. The van der Waals surface area contributed by atoms with Gasteiger partial charge in [-0.25, -0.2) is 0 Å². The van der Waals surface area contributed by atoms with Crippen LogP contribution in [0.15, 0.2) is 76.1 Å². The average molecular weight is 316 g/mol. The Hall–Kier alpha value is -1.73. The molecule has 0 N–H and O–H groups in total. The lowest BCUT2D eigenvalue weighted by atomic mass is 9.83. The first-order chi connectivity index (χ1) is 11.2. The zero-order chi connectivity index (χ0) is 15.6. The van der Waals surface area contributed by atoms with Crippen LogP contribution in [0.1, 0.15) is 25.8 Å². The summed E-state index contributed by atoms with van der Waals surface area (Å²) in [6.07, 6.45) is 6.10. The third kappa shape index (κ3) is 1.80. The van der Waals surface area contributed by atoms with E-state index in [4.69, 9.17) is 0 Å². The van der Waals surface area contributed by atoms with Crippen LogP contribution in [0.25, 0.3) is 11.1 Å². The summed E-state index contributed by atoms with van der Waals surface area (Å²) >= 11 is 1.99. The zero-order valence-electron chi connectivity index (χ0n) is 13.5. The highest BCUT2D eigenvalue weighted by molar-refractivity contribution is 8.03. The second-order valence-corrected chi connectivity index (χ2v) is 8.34. The molecule has 0 saturated heterocycles. The molecule has 2 aromatic carbocycles. The molecule has 0 radical (unpaired) electrons. The van der Waals surface area contributed by atoms with Crippen molar-refractivity contribution in [2.45, 2.75) is 30.6 Å². The summed E-state index contributed by atoms with van der Waals surface area (Å²) < 4.78 is 0. The van der Waals surface area contributed by atoms with Gasteiger partial charge in [0.2, 0.25) is 0 Å². The molecule has 1 saturated carbocycles. The molecule has 23 heavy (non-hydrogen) atoms. The molecule has 1 spiro atoms. The van der Waals surface area contributed by atoms with E-state index in [1.807, 2.05) is 11.8 Å². The molecule has 2 aromatic rings. The maximum Gasteiger partial charge on any atom is 0.0349 e. The fraction of sp³-hybridized carbons (Fsp3) is 0.273. The average Bonchev–Trinajstić information content (AvgIpc) is 3.25. The summed E-state index contributed by atoms with van der Waals surface area (Å²) in [6.45, 7) is 4.67. The summed E-state index contributed by atoms with van der Waals surface area (Å²) in [7, 11) is 0. The molecule has 1 fully saturated rings. The molecule has 0 aromatic heterocycles. The first-order valence-electron chi connectivity index (χ1n) is 8.50. The van der Waals surface area contributed by atoms with E-state index in [0.29, 0.717) is 11.3 Å². The molecule has 0 nitrogen and oxygen atoms in total. The van der Waals surface area contributed by atoms with Crippen LogP contribution >= 0.6 is 11.8 Å². The van der Waals surface area contributed by atoms with Crippen LogP contribution in [-0.2, 0) is 5.41 Å². The van der Waals surface area contributed by atoms with Gasteiger partial charge in [-0.3, -0.25) is 0 Å². The van der Waals surface area contributed by atoms with Crippen molar-refractivity contribution in [3.63, 3.8) is 0 Å². The lowest BCUT2D eigenvalue weighted by Gasteiger charge is -2.21. The fourth-order valence-corrected chi connectivity index (χ4v) is 5.80. The Morgan fingerprint density at radius 1 is 1.00 bits per heavy atom. The van der Waals surface area contributed by atoms with Crippen molar-refractivity contribution >= 4 is 11.8 Å². The number of hydrogen-bond donors (Lipinski definition) is 0. The first-order valence-corrected chi connectivity index (χ1v) is 9.32. The van der Waals surface area contributed by atoms with E-state index < -0.39 is 0 Å². The number of benzene rings is 2. The molecule has 2 atom stereocenters. The summed E-state index contributed by atoms with van der Waals surface area (Å²) in [5, 5.41) is 0. The lowest BCUT2D eigenvalue weighted by molar-refractivity contribution is 0.654. The van der Waals surface area contributed by atoms with Crippen molar-refractivity contribution < 1.29 is 0 Å². The summed E-state index contributed by atoms with van der Waals surface area (Å²) in [4.78, 5) is 3.05. The summed E-state index contributed by atoms with van der Waals surface area (Å²) in [6, 6.07) is 17.8. The van der Waals surface area contributed by atoms with Crippen LogP contribution in [0, 0.1) is 11.8 Å². The van der Waals surface area contributed by atoms with Crippen LogP contribution in [0.4, 0.5) is 0 Å². The Kier molecular flexibility index (Phi) is 2.76. The first kappa shape index (κ1) is 13.7. The monoisotopic (exact) mass is 316 g/mol. The van der Waals surface area contributed by atoms with Crippen LogP contribution in [0.2, 0.25) is 0 Å². The standard InChI is InChI=1S/C22H20S/c1-14(2)17-9-11-21-22(13-19(17)22)18-12-16(8-10-20(18)23-21)15-6-4-3-5-7-15/h3-12,14,19H,13H2,1-2H3. The van der Waals surface area contributed by atoms with Crippen molar-refractivity contribution in [2.24, 2.45) is 11.8 Å². The molecule has 0 amide bonds. The minimum absolute atomic E-state index is 0.319. The Labute approximate surface area is 142 Å². The van der Waals surface area contributed by atoms with Gasteiger partial charge in [0.1, 0.15) is 0 Å². The van der Waals surface area contributed by atoms with Gasteiger partial charge in [-0.05, 0) is 47.1 Å². The molecule has 1 heterocycles. The molecule has 114 valence electrons. The van der Waals surface area contributed by atoms with Gasteiger partial charge in [0.05, 0.1) is 0 Å². The number of allylic oxidation sites excluding steroid dienone is 4. The molecule has 1 aliphatic heterocycles. The number of rotatable bonds is 2. The molecular formula is C22H20S. The van der Waals surface area contributed by atoms with Gasteiger partial charge in [-0.1, -0.05) is 79.7 Å². The van der Waals surface area contributed by atoms with Gasteiger partial charge in [-0.15, -0.1) is 0 Å². The minimum atomic E-state index is 0.319. The van der Waals surface area contributed by atoms with Crippen molar-refractivity contribution in [1.29, 1.82) is 0 Å². The van der Waals surface area contributed by atoms with Gasteiger partial charge in [0.25, 0.3) is 0 Å². The maximum atomic E-state index is 2.46. The fourth-order valence-electron chi connectivity index (χ4n) is 4.42. The summed E-state index contributed by atoms with van der Waals surface area (Å²) in [5.74, 6) is 1.39. The highest BCUT2D eigenvalue weighted by Crippen LogP contribution is 2.73. The van der Waals surface area contributed by atoms with Crippen LogP contribution in [0.5, 0.6) is 0 Å². The normalized spacial score (nSPS) is 27.0. The van der Waals surface area contributed by atoms with Gasteiger partial charge in [-0.2, -0.15) is 0 Å². The Balaban J connectivity index is 1.62. The van der Waals surface area contributed by atoms with Gasteiger partial charge < -0.3 is 0 Å². The van der Waals surface area contributed by atoms with E-state index in [9.17, 15) is 0 Å². The zero-order valence-corrected chi connectivity index (χ0v) is 14.4. The predicted octanol–water partition coefficient (Wildman–Crippen LogP) is 6.20. The van der Waals surface area contributed by atoms with E-state index in [-0.39, 0.29) is 0 Å². The van der Waals surface area contributed by atoms with Gasteiger partial charge in [0, 0.05) is 15.2 Å². The third-order valence-electron chi connectivity index (χ3n) is 5.68. The van der Waals surface area contributed by atoms with Crippen molar-refractivity contribution in [3.8, 4) is 11.1 Å². The van der Waals surface area contributed by atoms with Gasteiger partial charge in [0.15, 0.2) is 0 Å². The second-order valence-electron chi connectivity index (χ2n) is 7.26. The van der Waals surface area contributed by atoms with Gasteiger partial charge >= 0.3 is 0 Å². The van der Waals surface area contributed by atoms with E-state index in [0.717, 1.165) is 5.92 Å². The van der Waals surface area contributed by atoms with Crippen molar-refractivity contribution in [3.05, 3.63) is 76.7 Å². The Morgan fingerprint density at radius 2 is 1.83 bits per heavy atom. The molecule has 0 bridgehead atoms. The van der Waals surface area contributed by atoms with Crippen LogP contribution < -0.4 is 0 Å². The Morgan fingerprint density at radius 3 is 2.61 bits per heavy atom. The quantitative estimate of drug-likeness (QED) is 0.636. The lowest BCUT2D eigenvalue weighted by Crippen LogP contribution is -2.14. The van der Waals surface area contributed by atoms with Crippen molar-refractivity contribution in [1.82, 2.24) is 0 Å². The van der Waals surface area contributed by atoms with Crippen LogP contribution in [-0.4, -0.2) is 0 Å². The summed E-state index contributed by atoms with van der Waals surface area (Å²) in [5.41, 5.74) is 6.21. The minimum Gasteiger partial charge on any atom is -0.0933 e. The number of fused-ring (bicyclic) bond motifs is 1. The van der Waals surface area contributed by atoms with E-state index in [2.05, 4.69) is 74.5 Å². The Bertz CT molecular complexity index is 857. The molecule has 3 aliphatic rings. The highest BCUT2D eigenvalue weighted by Gasteiger charge is 2.63. The molecule has 2 aliphatic carbocycles. The smallest absolute Gasteiger partial charge is 0.0349 e. The number of hydrogen-bond acceptors (Lipinski definition) is 1. The predicted molar refractivity (Wildman–Crippen MR) is 98.5 cm³/mol. The topological polar surface area (TPSA) is 0 Å². The molecular weight excluding hydrogens is 296 g/mol. The maximum absolute atomic E-state index is 2.46.